The van der Waals surface area contributed by atoms with Crippen LogP contribution in [0.3, 0.4) is 0 Å². The molecule has 5 heteroatoms. The number of ether oxygens (including phenoxy) is 1. The van der Waals surface area contributed by atoms with Crippen LogP contribution in [0.25, 0.3) is 5.69 Å². The number of nitrogens with zero attached hydrogens (tertiary/aromatic N) is 2. The molecule has 0 saturated heterocycles. The molecule has 5 nitrogen and oxygen atoms in total. The Labute approximate surface area is 165 Å². The fourth-order valence-corrected chi connectivity index (χ4v) is 4.07. The van der Waals surface area contributed by atoms with E-state index in [-0.39, 0.29) is 11.3 Å². The lowest BCUT2D eigenvalue weighted by atomic mass is 9.79. The monoisotopic (exact) mass is 375 g/mol. The molecule has 0 bridgehead atoms. The summed E-state index contributed by atoms with van der Waals surface area (Å²) in [6.07, 6.45) is 6.43. The average Bonchev–Trinajstić information content (AvgIpc) is 3.44. The Bertz CT molecular complexity index is 926. The summed E-state index contributed by atoms with van der Waals surface area (Å²) in [5, 5.41) is 7.57. The second-order valence-electron chi connectivity index (χ2n) is 7.38. The first-order valence-corrected chi connectivity index (χ1v) is 9.74. The second-order valence-corrected chi connectivity index (χ2v) is 7.38. The number of carbonyl (C=O) groups is 1. The van der Waals surface area contributed by atoms with Gasteiger partial charge in [-0.25, -0.2) is 4.68 Å². The molecule has 1 saturated carbocycles. The minimum absolute atomic E-state index is 0.0372. The molecule has 1 aliphatic carbocycles. The van der Waals surface area contributed by atoms with Crippen molar-refractivity contribution in [3.63, 3.8) is 0 Å². The highest BCUT2D eigenvalue weighted by Crippen LogP contribution is 2.40. The van der Waals surface area contributed by atoms with E-state index in [0.717, 1.165) is 24.3 Å². The van der Waals surface area contributed by atoms with Gasteiger partial charge in [-0.15, -0.1) is 0 Å². The van der Waals surface area contributed by atoms with Crippen molar-refractivity contribution in [2.45, 2.75) is 31.1 Å². The topological polar surface area (TPSA) is 56.1 Å². The van der Waals surface area contributed by atoms with E-state index in [1.165, 1.54) is 18.4 Å². The SMILES string of the molecule is COc1ccc(-n2ccc(C(=O)NCC3(c4ccccc4)CCCC3)n2)cc1. The molecule has 3 aromatic rings. The van der Waals surface area contributed by atoms with Crippen LogP contribution in [0, 0.1) is 0 Å². The number of methoxy groups -OCH3 is 1. The summed E-state index contributed by atoms with van der Waals surface area (Å²) >= 11 is 0. The molecular formula is C23H25N3O2. The van der Waals surface area contributed by atoms with Crippen LogP contribution in [0.15, 0.2) is 66.9 Å². The van der Waals surface area contributed by atoms with Crippen LogP contribution < -0.4 is 10.1 Å². The Morgan fingerprint density at radius 1 is 1.07 bits per heavy atom. The third kappa shape index (κ3) is 3.65. The van der Waals surface area contributed by atoms with Crippen molar-refractivity contribution in [3.8, 4) is 11.4 Å². The van der Waals surface area contributed by atoms with E-state index in [1.807, 2.05) is 30.3 Å². The summed E-state index contributed by atoms with van der Waals surface area (Å²) < 4.78 is 6.89. The van der Waals surface area contributed by atoms with Gasteiger partial charge >= 0.3 is 0 Å². The Balaban J connectivity index is 1.46. The Hall–Kier alpha value is -3.08. The van der Waals surface area contributed by atoms with Crippen molar-refractivity contribution in [2.75, 3.05) is 13.7 Å². The standard InChI is InChI=1S/C23H25N3O2/c1-28-20-11-9-19(10-12-20)26-16-13-21(25-26)22(27)24-17-23(14-5-6-15-23)18-7-3-2-4-8-18/h2-4,7-13,16H,5-6,14-15,17H2,1H3,(H,24,27). The summed E-state index contributed by atoms with van der Waals surface area (Å²) in [4.78, 5) is 12.7. The summed E-state index contributed by atoms with van der Waals surface area (Å²) in [5.74, 6) is 0.658. The van der Waals surface area contributed by atoms with Gasteiger partial charge in [0.2, 0.25) is 0 Å². The van der Waals surface area contributed by atoms with Gasteiger partial charge in [-0.2, -0.15) is 5.10 Å². The molecule has 0 radical (unpaired) electrons. The summed E-state index contributed by atoms with van der Waals surface area (Å²) in [6, 6.07) is 19.9. The molecule has 0 spiro atoms. The summed E-state index contributed by atoms with van der Waals surface area (Å²) in [7, 11) is 1.64. The number of aromatic nitrogens is 2. The van der Waals surface area contributed by atoms with Gasteiger partial charge in [0.1, 0.15) is 5.75 Å². The molecule has 1 amide bonds. The average molecular weight is 375 g/mol. The van der Waals surface area contributed by atoms with E-state index in [4.69, 9.17) is 4.74 Å². The van der Waals surface area contributed by atoms with Crippen molar-refractivity contribution in [2.24, 2.45) is 0 Å². The number of carbonyl (C=O) groups excluding carboxylic acids is 1. The van der Waals surface area contributed by atoms with Crippen LogP contribution in [0.2, 0.25) is 0 Å². The lowest BCUT2D eigenvalue weighted by Gasteiger charge is -2.29. The minimum Gasteiger partial charge on any atom is -0.497 e. The molecule has 1 N–H and O–H groups in total. The van der Waals surface area contributed by atoms with Gasteiger partial charge in [0.15, 0.2) is 5.69 Å². The van der Waals surface area contributed by atoms with Gasteiger partial charge in [-0.05, 0) is 48.7 Å². The van der Waals surface area contributed by atoms with Crippen molar-refractivity contribution in [1.82, 2.24) is 15.1 Å². The first-order chi connectivity index (χ1) is 13.7. The summed E-state index contributed by atoms with van der Waals surface area (Å²) in [6.45, 7) is 0.644. The predicted octanol–water partition coefficient (Wildman–Crippen LogP) is 4.12. The van der Waals surface area contributed by atoms with E-state index in [0.29, 0.717) is 12.2 Å². The van der Waals surface area contributed by atoms with E-state index in [9.17, 15) is 4.79 Å². The van der Waals surface area contributed by atoms with Crippen LogP contribution in [0.1, 0.15) is 41.7 Å². The maximum Gasteiger partial charge on any atom is 0.271 e. The molecule has 0 aliphatic heterocycles. The van der Waals surface area contributed by atoms with E-state index in [2.05, 4.69) is 34.7 Å². The third-order valence-corrected chi connectivity index (χ3v) is 5.69. The molecule has 2 aromatic carbocycles. The number of nitrogens with one attached hydrogen (secondary N) is 1. The van der Waals surface area contributed by atoms with E-state index >= 15 is 0 Å². The zero-order valence-electron chi connectivity index (χ0n) is 16.1. The lowest BCUT2D eigenvalue weighted by molar-refractivity contribution is 0.0937. The molecule has 4 rings (SSSR count). The fraction of sp³-hybridized carbons (Fsp3) is 0.304. The second kappa shape index (κ2) is 7.89. The number of benzene rings is 2. The van der Waals surface area contributed by atoms with Crippen LogP contribution in [-0.2, 0) is 5.41 Å². The number of hydrogen-bond acceptors (Lipinski definition) is 3. The molecule has 1 aliphatic rings. The molecular weight excluding hydrogens is 350 g/mol. The zero-order chi connectivity index (χ0) is 19.4. The first kappa shape index (κ1) is 18.3. The van der Waals surface area contributed by atoms with Crippen LogP contribution in [0.5, 0.6) is 5.75 Å². The fourth-order valence-electron chi connectivity index (χ4n) is 4.07. The van der Waals surface area contributed by atoms with Crippen molar-refractivity contribution >= 4 is 5.91 Å². The highest BCUT2D eigenvalue weighted by Gasteiger charge is 2.35. The van der Waals surface area contributed by atoms with E-state index < -0.39 is 0 Å². The van der Waals surface area contributed by atoms with Gasteiger partial charge in [0.25, 0.3) is 5.91 Å². The smallest absolute Gasteiger partial charge is 0.271 e. The van der Waals surface area contributed by atoms with Crippen molar-refractivity contribution in [3.05, 3.63) is 78.1 Å². The third-order valence-electron chi connectivity index (χ3n) is 5.69. The zero-order valence-corrected chi connectivity index (χ0v) is 16.1. The van der Waals surface area contributed by atoms with Crippen LogP contribution >= 0.6 is 0 Å². The lowest BCUT2D eigenvalue weighted by Crippen LogP contribution is -2.39. The van der Waals surface area contributed by atoms with Gasteiger partial charge in [-0.1, -0.05) is 43.2 Å². The van der Waals surface area contributed by atoms with Crippen LogP contribution in [-0.4, -0.2) is 29.3 Å². The van der Waals surface area contributed by atoms with E-state index in [1.54, 1.807) is 24.1 Å². The largest absolute Gasteiger partial charge is 0.497 e. The number of hydrogen-bond donors (Lipinski definition) is 1. The van der Waals surface area contributed by atoms with Gasteiger partial charge in [0.05, 0.1) is 12.8 Å². The molecule has 0 unspecified atom stereocenters. The quantitative estimate of drug-likeness (QED) is 0.705. The molecule has 28 heavy (non-hydrogen) atoms. The number of amides is 1. The predicted molar refractivity (Wildman–Crippen MR) is 109 cm³/mol. The highest BCUT2D eigenvalue weighted by molar-refractivity contribution is 5.92. The first-order valence-electron chi connectivity index (χ1n) is 9.74. The normalized spacial score (nSPS) is 15.3. The van der Waals surface area contributed by atoms with Gasteiger partial charge < -0.3 is 10.1 Å². The minimum atomic E-state index is -0.130. The molecule has 1 aromatic heterocycles. The maximum absolute atomic E-state index is 12.7. The van der Waals surface area contributed by atoms with Crippen LogP contribution in [0.4, 0.5) is 0 Å². The molecule has 1 fully saturated rings. The Morgan fingerprint density at radius 3 is 2.46 bits per heavy atom. The Morgan fingerprint density at radius 2 is 1.79 bits per heavy atom. The maximum atomic E-state index is 12.7. The molecule has 1 heterocycles. The van der Waals surface area contributed by atoms with Crippen molar-refractivity contribution in [1.29, 1.82) is 0 Å². The van der Waals surface area contributed by atoms with Gasteiger partial charge in [-0.3, -0.25) is 4.79 Å². The number of rotatable bonds is 6. The highest BCUT2D eigenvalue weighted by atomic mass is 16.5. The molecule has 0 atom stereocenters. The van der Waals surface area contributed by atoms with Crippen molar-refractivity contribution < 1.29 is 9.53 Å². The van der Waals surface area contributed by atoms with Gasteiger partial charge in [0, 0.05) is 18.2 Å². The summed E-state index contributed by atoms with van der Waals surface area (Å²) in [5.41, 5.74) is 2.67. The molecule has 144 valence electrons. The Kier molecular flexibility index (Phi) is 5.15.